The third-order valence-electron chi connectivity index (χ3n) is 8.74. The van der Waals surface area contributed by atoms with Crippen molar-refractivity contribution >= 4 is 53.2 Å². The van der Waals surface area contributed by atoms with Crippen molar-refractivity contribution in [3.05, 3.63) is 146 Å². The average molecular weight is 773 g/mol. The second kappa shape index (κ2) is 21.8. The number of benzene rings is 4. The van der Waals surface area contributed by atoms with Gasteiger partial charge >= 0.3 is 30.2 Å². The Kier molecular flexibility index (Phi) is 20.8. The topological polar surface area (TPSA) is 0 Å². The maximum absolute atomic E-state index is 3.06. The predicted octanol–water partition coefficient (Wildman–Crippen LogP) is 14.3. The number of fused-ring (bicyclic) bond motifs is 2. The summed E-state index contributed by atoms with van der Waals surface area (Å²) in [6, 6.07) is 40.6. The number of hydrogen-bond donors (Lipinski definition) is 0. The predicted molar refractivity (Wildman–Crippen MR) is 219 cm³/mol. The van der Waals surface area contributed by atoms with E-state index in [4.69, 9.17) is 0 Å². The molecular formula is C44H54Cl2SiZr-4. The van der Waals surface area contributed by atoms with E-state index >= 15 is 0 Å². The van der Waals surface area contributed by atoms with E-state index < -0.39 is 0 Å². The molecule has 4 heteroatoms. The number of halogens is 2. The van der Waals surface area contributed by atoms with Gasteiger partial charge in [-0.1, -0.05) is 127 Å². The molecule has 1 unspecified atom stereocenters. The van der Waals surface area contributed by atoms with Gasteiger partial charge in [0, 0.05) is 0 Å². The van der Waals surface area contributed by atoms with Gasteiger partial charge in [-0.15, -0.1) is 93.9 Å². The second-order valence-corrected chi connectivity index (χ2v) is 12.7. The van der Waals surface area contributed by atoms with E-state index in [-0.39, 0.29) is 39.7 Å². The zero-order valence-electron chi connectivity index (χ0n) is 30.4. The molecule has 0 heterocycles. The van der Waals surface area contributed by atoms with E-state index in [1.165, 1.54) is 102 Å². The van der Waals surface area contributed by atoms with Crippen LogP contribution >= 0.6 is 24.8 Å². The molecule has 0 fully saturated rings. The maximum atomic E-state index is 3.06. The second-order valence-electron chi connectivity index (χ2n) is 12.7. The van der Waals surface area contributed by atoms with Crippen LogP contribution in [0.1, 0.15) is 94.4 Å². The molecule has 0 saturated carbocycles. The van der Waals surface area contributed by atoms with Crippen molar-refractivity contribution in [1.82, 2.24) is 0 Å². The minimum absolute atomic E-state index is 0. The third-order valence-corrected chi connectivity index (χ3v) is 8.74. The first-order chi connectivity index (χ1) is 21.2. The van der Waals surface area contributed by atoms with E-state index in [0.717, 1.165) is 0 Å². The molecule has 0 spiro atoms. The molecule has 6 aromatic rings. The van der Waals surface area contributed by atoms with Gasteiger partial charge < -0.3 is 14.9 Å². The van der Waals surface area contributed by atoms with Gasteiger partial charge in [0.25, 0.3) is 0 Å². The molecule has 0 amide bonds. The molecule has 0 N–H and O–H groups in total. The van der Waals surface area contributed by atoms with Crippen LogP contribution in [0.25, 0.3) is 43.8 Å². The molecule has 0 aliphatic carbocycles. The van der Waals surface area contributed by atoms with Gasteiger partial charge in [0.2, 0.25) is 0 Å². The third kappa shape index (κ3) is 11.1. The Morgan fingerprint density at radius 1 is 0.604 bits per heavy atom. The fourth-order valence-corrected chi connectivity index (χ4v) is 6.13. The Hall–Kier alpha value is -2.22. The van der Waals surface area contributed by atoms with Gasteiger partial charge in [0.05, 0.1) is 0 Å². The van der Waals surface area contributed by atoms with Crippen molar-refractivity contribution in [1.29, 1.82) is 0 Å². The quantitative estimate of drug-likeness (QED) is 0.112. The molecule has 2 radical (unpaired) electrons. The number of rotatable bonds is 7. The van der Waals surface area contributed by atoms with Crippen molar-refractivity contribution in [2.24, 2.45) is 0 Å². The Balaban J connectivity index is 0.000000821. The molecule has 6 aromatic carbocycles. The Morgan fingerprint density at radius 2 is 1.02 bits per heavy atom. The van der Waals surface area contributed by atoms with Crippen LogP contribution in [0.5, 0.6) is 0 Å². The van der Waals surface area contributed by atoms with Crippen molar-refractivity contribution in [3.8, 4) is 22.3 Å². The van der Waals surface area contributed by atoms with E-state index in [1.807, 2.05) is 0 Å². The van der Waals surface area contributed by atoms with Gasteiger partial charge in [0.15, 0.2) is 0 Å². The van der Waals surface area contributed by atoms with Crippen molar-refractivity contribution in [2.45, 2.75) is 79.1 Å². The fraction of sp³-hybridized carbons (Fsp3) is 0.273. The Bertz CT molecular complexity index is 1780. The summed E-state index contributed by atoms with van der Waals surface area (Å²) in [5.74, 6) is 1.81. The molecule has 0 aliphatic heterocycles. The van der Waals surface area contributed by atoms with E-state index in [0.29, 0.717) is 17.8 Å². The van der Waals surface area contributed by atoms with Gasteiger partial charge in [-0.2, -0.15) is 12.1 Å². The zero-order valence-corrected chi connectivity index (χ0v) is 35.4. The van der Waals surface area contributed by atoms with Crippen molar-refractivity contribution in [3.63, 3.8) is 0 Å². The number of hydrogen-bond acceptors (Lipinski definition) is 0. The van der Waals surface area contributed by atoms with Gasteiger partial charge in [-0.25, -0.2) is 0 Å². The summed E-state index contributed by atoms with van der Waals surface area (Å²) in [6.45, 7) is 18.8. The number of aryl methyl sites for hydroxylation is 1. The van der Waals surface area contributed by atoms with E-state index in [1.54, 1.807) is 0 Å². The van der Waals surface area contributed by atoms with Crippen LogP contribution in [0.2, 0.25) is 0 Å². The summed E-state index contributed by atoms with van der Waals surface area (Å²) in [7, 11) is 0. The first-order valence-corrected chi connectivity index (χ1v) is 20.2. The summed E-state index contributed by atoms with van der Waals surface area (Å²) in [4.78, 5) is 0. The molecule has 48 heavy (non-hydrogen) atoms. The van der Waals surface area contributed by atoms with Crippen molar-refractivity contribution in [2.75, 3.05) is 0 Å². The van der Waals surface area contributed by atoms with Crippen LogP contribution in [-0.2, 0) is 23.3 Å². The summed E-state index contributed by atoms with van der Waals surface area (Å²) in [5.41, 5.74) is 10.9. The van der Waals surface area contributed by atoms with Crippen LogP contribution in [0.3, 0.4) is 0 Å². The summed E-state index contributed by atoms with van der Waals surface area (Å²) in [5, 5.41) is 5.45. The molecule has 256 valence electrons. The summed E-state index contributed by atoms with van der Waals surface area (Å²) < 4.78 is 0. The minimum atomic E-state index is 0. The molecule has 0 aliphatic rings. The van der Waals surface area contributed by atoms with Crippen LogP contribution in [0.4, 0.5) is 0 Å². The fourth-order valence-electron chi connectivity index (χ4n) is 6.13. The molecule has 0 bridgehead atoms. The molecule has 0 nitrogen and oxygen atoms in total. The molecular weight excluding hydrogens is 719 g/mol. The molecule has 1 atom stereocenters. The monoisotopic (exact) mass is 770 g/mol. The van der Waals surface area contributed by atoms with Crippen LogP contribution < -0.4 is 0 Å². The Labute approximate surface area is 321 Å². The van der Waals surface area contributed by atoms with Crippen LogP contribution in [0.15, 0.2) is 109 Å². The molecule has 6 rings (SSSR count). The normalized spacial score (nSPS) is 10.8. The first kappa shape index (κ1) is 45.8. The van der Waals surface area contributed by atoms with Crippen molar-refractivity contribution < 1.29 is 23.3 Å². The SMILES string of the molecule is CCCC(C)c1cc2c(-c3ccc(C(C)C)cc3)cccc2[cH-]1.Cc1cc2c(-c3ccc(C(C)C)cc3)cccc2[cH-]1.Cl.Cl.[CH3-].[CH3-].[Si]=[Zr]. The first-order valence-electron chi connectivity index (χ1n) is 16.1. The summed E-state index contributed by atoms with van der Waals surface area (Å²) >= 11 is 1.36. The van der Waals surface area contributed by atoms with Gasteiger partial charge in [-0.3, -0.25) is 0 Å². The van der Waals surface area contributed by atoms with Gasteiger partial charge in [0.1, 0.15) is 0 Å². The Morgan fingerprint density at radius 3 is 1.44 bits per heavy atom. The molecule has 0 saturated heterocycles. The van der Waals surface area contributed by atoms with E-state index in [9.17, 15) is 0 Å². The molecule has 0 aromatic heterocycles. The summed E-state index contributed by atoms with van der Waals surface area (Å²) in [6.07, 6.45) is 2.50. The van der Waals surface area contributed by atoms with E-state index in [2.05, 4.69) is 165 Å². The zero-order chi connectivity index (χ0) is 31.8. The average Bonchev–Trinajstić information content (AvgIpc) is 3.65. The standard InChI is InChI=1S/C23H27.C19H19.2CH3.2ClH.Si.Zr/c1-5-7-17(4)21-14-20-8-6-9-22(23(20)15-21)19-12-10-18(11-13-19)16(2)3;1-13(2)15-7-9-16(10-8-15)18-6-4-5-17-11-14(3)12-19(17)18;;;;;;/h6,8-17H,5,7H2,1-4H3;4-13H,1-3H3;2*1H3;2*1H;;/q4*-1;;;;. The van der Waals surface area contributed by atoms with Crippen LogP contribution in [-0.4, -0.2) is 6.88 Å². The van der Waals surface area contributed by atoms with Gasteiger partial charge in [-0.05, 0) is 46.4 Å². The van der Waals surface area contributed by atoms with Crippen LogP contribution in [0, 0.1) is 21.8 Å².